The number of anilines is 1. The monoisotopic (exact) mass is 264 g/mol. The fraction of sp³-hybridized carbons (Fsp3) is 0.278. The van der Waals surface area contributed by atoms with Crippen LogP contribution < -0.4 is 5.32 Å². The van der Waals surface area contributed by atoms with E-state index in [9.17, 15) is 5.26 Å². The van der Waals surface area contributed by atoms with Crippen molar-refractivity contribution in [1.29, 1.82) is 5.26 Å². The van der Waals surface area contributed by atoms with Gasteiger partial charge in [0.25, 0.3) is 0 Å². The minimum atomic E-state index is -0.0540. The van der Waals surface area contributed by atoms with Crippen LogP contribution >= 0.6 is 0 Å². The maximum Gasteiger partial charge on any atom is 0.0730 e. The van der Waals surface area contributed by atoms with Crippen LogP contribution in [-0.4, -0.2) is 0 Å². The molecule has 0 spiro atoms. The predicted molar refractivity (Wildman–Crippen MR) is 83.6 cm³/mol. The zero-order chi connectivity index (χ0) is 14.4. The standard InChI is InChI=1S/C18H20N2/c1-3-15(13-19)17-11-7-8-12-18(17)20-14(2)16-9-5-4-6-10-16/h4-12,14-15,20H,3H2,1-2H3/t14-,15+/m0/s1. The first-order valence-corrected chi connectivity index (χ1v) is 7.06. The van der Waals surface area contributed by atoms with Gasteiger partial charge in [-0.3, -0.25) is 0 Å². The Bertz CT molecular complexity index is 584. The molecule has 0 amide bonds. The van der Waals surface area contributed by atoms with Crippen LogP contribution in [0, 0.1) is 11.3 Å². The molecule has 2 nitrogen and oxygen atoms in total. The highest BCUT2D eigenvalue weighted by atomic mass is 14.9. The molecule has 0 aromatic heterocycles. The molecular weight excluding hydrogens is 244 g/mol. The van der Waals surface area contributed by atoms with Crippen molar-refractivity contribution in [1.82, 2.24) is 0 Å². The topological polar surface area (TPSA) is 35.8 Å². The second-order valence-corrected chi connectivity index (χ2v) is 4.95. The molecule has 2 atom stereocenters. The number of para-hydroxylation sites is 1. The number of hydrogen-bond donors (Lipinski definition) is 1. The molecule has 2 aromatic carbocycles. The van der Waals surface area contributed by atoms with Gasteiger partial charge in [-0.2, -0.15) is 5.26 Å². The Morgan fingerprint density at radius 1 is 1.05 bits per heavy atom. The van der Waals surface area contributed by atoms with Gasteiger partial charge in [-0.05, 0) is 30.5 Å². The Morgan fingerprint density at radius 3 is 2.35 bits per heavy atom. The zero-order valence-electron chi connectivity index (χ0n) is 12.0. The molecule has 0 aliphatic rings. The summed E-state index contributed by atoms with van der Waals surface area (Å²) >= 11 is 0. The summed E-state index contributed by atoms with van der Waals surface area (Å²) in [5.41, 5.74) is 3.38. The zero-order valence-corrected chi connectivity index (χ0v) is 12.0. The highest BCUT2D eigenvalue weighted by Crippen LogP contribution is 2.29. The predicted octanol–water partition coefficient (Wildman–Crippen LogP) is 4.88. The Hall–Kier alpha value is -2.27. The van der Waals surface area contributed by atoms with Gasteiger partial charge in [-0.15, -0.1) is 0 Å². The van der Waals surface area contributed by atoms with E-state index in [-0.39, 0.29) is 12.0 Å². The third kappa shape index (κ3) is 3.19. The molecule has 2 heteroatoms. The molecule has 0 bridgehead atoms. The normalized spacial score (nSPS) is 13.2. The van der Waals surface area contributed by atoms with Crippen LogP contribution in [0.15, 0.2) is 54.6 Å². The van der Waals surface area contributed by atoms with Gasteiger partial charge >= 0.3 is 0 Å². The van der Waals surface area contributed by atoms with Crippen LogP contribution in [0.1, 0.15) is 43.4 Å². The first kappa shape index (κ1) is 14.1. The highest BCUT2D eigenvalue weighted by Gasteiger charge is 2.14. The molecule has 20 heavy (non-hydrogen) atoms. The lowest BCUT2D eigenvalue weighted by Crippen LogP contribution is -2.09. The van der Waals surface area contributed by atoms with Gasteiger partial charge in [0, 0.05) is 11.7 Å². The first-order chi connectivity index (χ1) is 9.76. The van der Waals surface area contributed by atoms with Crippen molar-refractivity contribution in [3.63, 3.8) is 0 Å². The van der Waals surface area contributed by atoms with Crippen LogP contribution in [0.25, 0.3) is 0 Å². The lowest BCUT2D eigenvalue weighted by Gasteiger charge is -2.20. The van der Waals surface area contributed by atoms with E-state index in [1.807, 2.05) is 43.3 Å². The van der Waals surface area contributed by atoms with E-state index in [0.717, 1.165) is 17.7 Å². The average Bonchev–Trinajstić information content (AvgIpc) is 2.51. The van der Waals surface area contributed by atoms with Crippen LogP contribution in [0.5, 0.6) is 0 Å². The fourth-order valence-corrected chi connectivity index (χ4v) is 2.37. The minimum Gasteiger partial charge on any atom is -0.378 e. The van der Waals surface area contributed by atoms with Crippen LogP contribution in [-0.2, 0) is 0 Å². The van der Waals surface area contributed by atoms with Crippen LogP contribution in [0.2, 0.25) is 0 Å². The second kappa shape index (κ2) is 6.77. The van der Waals surface area contributed by atoms with Gasteiger partial charge in [0.15, 0.2) is 0 Å². The number of benzene rings is 2. The molecule has 0 radical (unpaired) electrons. The first-order valence-electron chi connectivity index (χ1n) is 7.06. The molecule has 0 aliphatic carbocycles. The summed E-state index contributed by atoms with van der Waals surface area (Å²) in [6.07, 6.45) is 0.828. The summed E-state index contributed by atoms with van der Waals surface area (Å²) in [6, 6.07) is 21.0. The molecule has 2 rings (SSSR count). The van der Waals surface area contributed by atoms with Gasteiger partial charge in [0.2, 0.25) is 0 Å². The number of nitrogens with one attached hydrogen (secondary N) is 1. The number of nitrogens with zero attached hydrogens (tertiary/aromatic N) is 1. The number of rotatable bonds is 5. The number of nitriles is 1. The lowest BCUT2D eigenvalue weighted by molar-refractivity contribution is 0.809. The fourth-order valence-electron chi connectivity index (χ4n) is 2.37. The Balaban J connectivity index is 2.24. The molecule has 0 aliphatic heterocycles. The molecule has 0 heterocycles. The van der Waals surface area contributed by atoms with Gasteiger partial charge in [-0.1, -0.05) is 55.5 Å². The summed E-state index contributed by atoms with van der Waals surface area (Å²) in [7, 11) is 0. The van der Waals surface area contributed by atoms with Gasteiger partial charge in [0.1, 0.15) is 0 Å². The quantitative estimate of drug-likeness (QED) is 0.835. The van der Waals surface area contributed by atoms with Crippen molar-refractivity contribution >= 4 is 5.69 Å². The summed E-state index contributed by atoms with van der Waals surface area (Å²) < 4.78 is 0. The Morgan fingerprint density at radius 2 is 1.70 bits per heavy atom. The summed E-state index contributed by atoms with van der Waals surface area (Å²) in [5.74, 6) is -0.0540. The molecule has 102 valence electrons. The lowest BCUT2D eigenvalue weighted by atomic mass is 9.95. The van der Waals surface area contributed by atoms with Gasteiger partial charge in [0.05, 0.1) is 12.0 Å². The van der Waals surface area contributed by atoms with E-state index in [4.69, 9.17) is 0 Å². The molecule has 0 fully saturated rings. The van der Waals surface area contributed by atoms with E-state index >= 15 is 0 Å². The molecular formula is C18H20N2. The van der Waals surface area contributed by atoms with Crippen molar-refractivity contribution in [2.75, 3.05) is 5.32 Å². The Kier molecular flexibility index (Phi) is 4.79. The number of hydrogen-bond acceptors (Lipinski definition) is 2. The summed E-state index contributed by atoms with van der Waals surface area (Å²) in [6.45, 7) is 4.19. The highest BCUT2D eigenvalue weighted by molar-refractivity contribution is 5.55. The van der Waals surface area contributed by atoms with E-state index < -0.39 is 0 Å². The van der Waals surface area contributed by atoms with Crippen molar-refractivity contribution in [3.05, 3.63) is 65.7 Å². The average molecular weight is 264 g/mol. The van der Waals surface area contributed by atoms with E-state index in [0.29, 0.717) is 0 Å². The third-order valence-corrected chi connectivity index (χ3v) is 3.57. The smallest absolute Gasteiger partial charge is 0.0730 e. The van der Waals surface area contributed by atoms with Crippen LogP contribution in [0.4, 0.5) is 5.69 Å². The largest absolute Gasteiger partial charge is 0.378 e. The van der Waals surface area contributed by atoms with Crippen molar-refractivity contribution in [3.8, 4) is 6.07 Å². The van der Waals surface area contributed by atoms with Gasteiger partial charge < -0.3 is 5.32 Å². The van der Waals surface area contributed by atoms with E-state index in [1.165, 1.54) is 5.56 Å². The minimum absolute atomic E-state index is 0.0540. The van der Waals surface area contributed by atoms with Crippen LogP contribution in [0.3, 0.4) is 0 Å². The molecule has 1 N–H and O–H groups in total. The summed E-state index contributed by atoms with van der Waals surface area (Å²) in [5, 5.41) is 12.8. The SMILES string of the molecule is CC[C@H](C#N)c1ccccc1N[C@@H](C)c1ccccc1. The van der Waals surface area contributed by atoms with Crippen molar-refractivity contribution in [2.45, 2.75) is 32.2 Å². The molecule has 0 saturated heterocycles. The maximum atomic E-state index is 9.28. The third-order valence-electron chi connectivity index (χ3n) is 3.57. The second-order valence-electron chi connectivity index (χ2n) is 4.95. The molecule has 0 unspecified atom stereocenters. The van der Waals surface area contributed by atoms with Gasteiger partial charge in [-0.25, -0.2) is 0 Å². The molecule has 2 aromatic rings. The molecule has 0 saturated carbocycles. The maximum absolute atomic E-state index is 9.28. The Labute approximate surface area is 121 Å². The van der Waals surface area contributed by atoms with Crippen molar-refractivity contribution < 1.29 is 0 Å². The van der Waals surface area contributed by atoms with Crippen molar-refractivity contribution in [2.24, 2.45) is 0 Å². The summed E-state index contributed by atoms with van der Waals surface area (Å²) in [4.78, 5) is 0. The van der Waals surface area contributed by atoms with E-state index in [2.05, 4.69) is 36.5 Å². The van der Waals surface area contributed by atoms with E-state index in [1.54, 1.807) is 0 Å².